The third kappa shape index (κ3) is 3.86. The van der Waals surface area contributed by atoms with Crippen molar-refractivity contribution in [3.63, 3.8) is 0 Å². The summed E-state index contributed by atoms with van der Waals surface area (Å²) in [4.78, 5) is 23.3. The van der Waals surface area contributed by atoms with Gasteiger partial charge in [0.1, 0.15) is 11.9 Å². The molecule has 5 nitrogen and oxygen atoms in total. The molecule has 148 valence electrons. The minimum absolute atomic E-state index is 0.0306. The monoisotopic (exact) mass is 426 g/mol. The standard InChI is InChI=1S/C21H19FN4OS2/c22-14-5-8-16-18(12-14)28-20(25-16)23-10-9-13-3-6-15(7-4-13)24-21-26-11-1-2-17(26)19(27)29-21/h3-8,12,17H,1-2,9-11H2,(H,23,25)/t17-/m0/s1. The number of nitrogens with zero attached hydrogens (tertiary/aromatic N) is 3. The van der Waals surface area contributed by atoms with Crippen LogP contribution >= 0.6 is 23.1 Å². The highest BCUT2D eigenvalue weighted by molar-refractivity contribution is 8.26. The summed E-state index contributed by atoms with van der Waals surface area (Å²) in [5.41, 5.74) is 2.88. The Bertz CT molecular complexity index is 1100. The summed E-state index contributed by atoms with van der Waals surface area (Å²) in [7, 11) is 0. The maximum Gasteiger partial charge on any atom is 0.219 e. The predicted molar refractivity (Wildman–Crippen MR) is 118 cm³/mol. The van der Waals surface area contributed by atoms with Gasteiger partial charge in [-0.05, 0) is 66.9 Å². The highest BCUT2D eigenvalue weighted by Gasteiger charge is 2.40. The Balaban J connectivity index is 1.19. The average Bonchev–Trinajstić information content (AvgIpc) is 3.41. The summed E-state index contributed by atoms with van der Waals surface area (Å²) < 4.78 is 14.1. The number of anilines is 1. The number of fused-ring (bicyclic) bond motifs is 2. The Kier molecular flexibility index (Phi) is 4.97. The van der Waals surface area contributed by atoms with Crippen LogP contribution in [0, 0.1) is 5.82 Å². The molecule has 2 aliphatic heterocycles. The van der Waals surface area contributed by atoms with Gasteiger partial charge in [0, 0.05) is 13.1 Å². The van der Waals surface area contributed by atoms with Gasteiger partial charge >= 0.3 is 0 Å². The van der Waals surface area contributed by atoms with Gasteiger partial charge in [0.2, 0.25) is 5.12 Å². The molecule has 0 unspecified atom stereocenters. The molecule has 5 rings (SSSR count). The first kappa shape index (κ1) is 18.6. The Hall–Kier alpha value is -2.45. The number of carbonyl (C=O) groups is 1. The second kappa shape index (κ2) is 7.76. The van der Waals surface area contributed by atoms with E-state index in [2.05, 4.69) is 32.3 Å². The normalized spacial score (nSPS) is 20.0. The van der Waals surface area contributed by atoms with Crippen LogP contribution < -0.4 is 5.32 Å². The molecule has 0 amide bonds. The van der Waals surface area contributed by atoms with E-state index in [4.69, 9.17) is 0 Å². The molecule has 1 N–H and O–H groups in total. The third-order valence-electron chi connectivity index (χ3n) is 5.16. The summed E-state index contributed by atoms with van der Waals surface area (Å²) in [5.74, 6) is -0.239. The molecular weight excluding hydrogens is 407 g/mol. The fourth-order valence-corrected chi connectivity index (χ4v) is 5.64. The summed E-state index contributed by atoms with van der Waals surface area (Å²) >= 11 is 2.73. The van der Waals surface area contributed by atoms with Gasteiger partial charge in [-0.15, -0.1) is 0 Å². The van der Waals surface area contributed by atoms with Crippen LogP contribution in [0.25, 0.3) is 10.2 Å². The quantitative estimate of drug-likeness (QED) is 0.634. The molecule has 2 aromatic carbocycles. The van der Waals surface area contributed by atoms with Crippen molar-refractivity contribution in [1.82, 2.24) is 9.88 Å². The van der Waals surface area contributed by atoms with E-state index in [1.807, 2.05) is 12.1 Å². The van der Waals surface area contributed by atoms with Crippen molar-refractivity contribution in [2.45, 2.75) is 25.3 Å². The Labute approximate surface area is 176 Å². The predicted octanol–water partition coefficient (Wildman–Crippen LogP) is 4.82. The molecule has 1 atom stereocenters. The SMILES string of the molecule is O=C1SC(=Nc2ccc(CCNc3nc4ccc(F)cc4s3)cc2)N2CCC[C@@H]12. The Morgan fingerprint density at radius 3 is 2.97 bits per heavy atom. The van der Waals surface area contributed by atoms with Gasteiger partial charge < -0.3 is 10.2 Å². The minimum atomic E-state index is -0.239. The number of thioether (sulfide) groups is 1. The van der Waals surface area contributed by atoms with Crippen LogP contribution in [0.15, 0.2) is 47.5 Å². The van der Waals surface area contributed by atoms with Gasteiger partial charge in [0.15, 0.2) is 10.3 Å². The number of carbonyl (C=O) groups excluding carboxylic acids is 1. The highest BCUT2D eigenvalue weighted by Crippen LogP contribution is 2.34. The topological polar surface area (TPSA) is 57.6 Å². The van der Waals surface area contributed by atoms with Crippen molar-refractivity contribution in [3.8, 4) is 0 Å². The van der Waals surface area contributed by atoms with Crippen molar-refractivity contribution in [2.75, 3.05) is 18.4 Å². The maximum absolute atomic E-state index is 13.3. The summed E-state index contributed by atoms with van der Waals surface area (Å²) in [6.45, 7) is 1.67. The van der Waals surface area contributed by atoms with Gasteiger partial charge in [-0.25, -0.2) is 14.4 Å². The number of aliphatic imine (C=N–C) groups is 1. The van der Waals surface area contributed by atoms with Crippen molar-refractivity contribution < 1.29 is 9.18 Å². The number of aromatic nitrogens is 1. The molecule has 2 fully saturated rings. The number of rotatable bonds is 5. The van der Waals surface area contributed by atoms with Crippen LogP contribution in [-0.4, -0.2) is 39.3 Å². The van der Waals surface area contributed by atoms with E-state index in [1.165, 1.54) is 40.8 Å². The van der Waals surface area contributed by atoms with Crippen LogP contribution in [0.4, 0.5) is 15.2 Å². The van der Waals surface area contributed by atoms with Gasteiger partial charge in [-0.1, -0.05) is 23.5 Å². The molecule has 3 heterocycles. The number of benzene rings is 2. The Morgan fingerprint density at radius 2 is 2.10 bits per heavy atom. The third-order valence-corrected chi connectivity index (χ3v) is 7.12. The molecular formula is C21H19FN4OS2. The fourth-order valence-electron chi connectivity index (χ4n) is 3.68. The first-order valence-corrected chi connectivity index (χ1v) is 11.2. The van der Waals surface area contributed by atoms with Gasteiger partial charge in [-0.3, -0.25) is 4.79 Å². The first-order valence-electron chi connectivity index (χ1n) is 9.62. The summed E-state index contributed by atoms with van der Waals surface area (Å²) in [6.07, 6.45) is 2.86. The maximum atomic E-state index is 13.3. The summed E-state index contributed by atoms with van der Waals surface area (Å²) in [5, 5.41) is 5.17. The van der Waals surface area contributed by atoms with Crippen molar-refractivity contribution >= 4 is 54.4 Å². The molecule has 2 saturated heterocycles. The number of hydrogen-bond donors (Lipinski definition) is 1. The first-order chi connectivity index (χ1) is 14.2. The molecule has 8 heteroatoms. The summed E-state index contributed by atoms with van der Waals surface area (Å²) in [6, 6.07) is 12.8. The van der Waals surface area contributed by atoms with Crippen LogP contribution in [0.2, 0.25) is 0 Å². The number of thiazole rings is 1. The number of amidine groups is 1. The lowest BCUT2D eigenvalue weighted by Crippen LogP contribution is -2.28. The molecule has 0 bridgehead atoms. The number of halogens is 1. The smallest absolute Gasteiger partial charge is 0.219 e. The van der Waals surface area contributed by atoms with E-state index in [1.54, 1.807) is 6.07 Å². The van der Waals surface area contributed by atoms with Crippen LogP contribution in [0.1, 0.15) is 18.4 Å². The molecule has 0 saturated carbocycles. The lowest BCUT2D eigenvalue weighted by atomic mass is 10.1. The zero-order valence-electron chi connectivity index (χ0n) is 15.6. The zero-order valence-corrected chi connectivity index (χ0v) is 17.2. The van der Waals surface area contributed by atoms with E-state index < -0.39 is 0 Å². The fraction of sp³-hybridized carbons (Fsp3) is 0.286. The zero-order chi connectivity index (χ0) is 19.8. The number of nitrogens with one attached hydrogen (secondary N) is 1. The van der Waals surface area contributed by atoms with Gasteiger partial charge in [-0.2, -0.15) is 0 Å². The molecule has 1 aromatic heterocycles. The molecule has 0 aliphatic carbocycles. The molecule has 29 heavy (non-hydrogen) atoms. The van der Waals surface area contributed by atoms with Crippen molar-refractivity contribution in [2.24, 2.45) is 4.99 Å². The molecule has 2 aliphatic rings. The second-order valence-corrected chi connectivity index (χ2v) is 9.14. The Morgan fingerprint density at radius 1 is 1.24 bits per heavy atom. The highest BCUT2D eigenvalue weighted by atomic mass is 32.2. The van der Waals surface area contributed by atoms with E-state index in [0.29, 0.717) is 0 Å². The lowest BCUT2D eigenvalue weighted by Gasteiger charge is -2.14. The van der Waals surface area contributed by atoms with Crippen LogP contribution in [0.3, 0.4) is 0 Å². The lowest BCUT2D eigenvalue weighted by molar-refractivity contribution is -0.113. The van der Waals surface area contributed by atoms with E-state index in [0.717, 1.165) is 58.6 Å². The second-order valence-electron chi connectivity index (χ2n) is 7.14. The van der Waals surface area contributed by atoms with Gasteiger partial charge in [0.05, 0.1) is 15.9 Å². The largest absolute Gasteiger partial charge is 0.361 e. The average molecular weight is 427 g/mol. The molecule has 0 radical (unpaired) electrons. The van der Waals surface area contributed by atoms with Crippen LogP contribution in [0.5, 0.6) is 0 Å². The van der Waals surface area contributed by atoms with E-state index >= 15 is 0 Å². The number of hydrogen-bond acceptors (Lipinski definition) is 6. The molecule has 3 aromatic rings. The van der Waals surface area contributed by atoms with Gasteiger partial charge in [0.25, 0.3) is 0 Å². The van der Waals surface area contributed by atoms with E-state index in [9.17, 15) is 9.18 Å². The van der Waals surface area contributed by atoms with E-state index in [-0.39, 0.29) is 17.0 Å². The van der Waals surface area contributed by atoms with Crippen LogP contribution in [-0.2, 0) is 11.2 Å². The van der Waals surface area contributed by atoms with Crippen molar-refractivity contribution in [1.29, 1.82) is 0 Å². The van der Waals surface area contributed by atoms with Crippen molar-refractivity contribution in [3.05, 3.63) is 53.8 Å². The minimum Gasteiger partial charge on any atom is -0.361 e. The molecule has 0 spiro atoms.